The van der Waals surface area contributed by atoms with E-state index in [1.54, 1.807) is 12.1 Å². The summed E-state index contributed by atoms with van der Waals surface area (Å²) in [5, 5.41) is 3.22. The maximum Gasteiger partial charge on any atom is 0.416 e. The fourth-order valence-corrected chi connectivity index (χ4v) is 2.52. The van der Waals surface area contributed by atoms with Gasteiger partial charge in [0.2, 0.25) is 0 Å². The van der Waals surface area contributed by atoms with Crippen LogP contribution in [0.25, 0.3) is 0 Å². The molecular weight excluding hydrogens is 343 g/mol. The zero-order valence-corrected chi connectivity index (χ0v) is 13.9. The Labute approximate surface area is 132 Å². The zero-order valence-electron chi connectivity index (χ0n) is 12.4. The second-order valence-corrected chi connectivity index (χ2v) is 6.15. The topological polar surface area (TPSA) is 12.0 Å². The molecule has 0 fully saturated rings. The first-order chi connectivity index (χ1) is 9.75. The van der Waals surface area contributed by atoms with Crippen molar-refractivity contribution < 1.29 is 13.2 Å². The second kappa shape index (κ2) is 7.99. The molecule has 0 bridgehead atoms. The molecule has 1 nitrogen and oxygen atoms in total. The van der Waals surface area contributed by atoms with Gasteiger partial charge in [-0.05, 0) is 50.4 Å². The number of alkyl halides is 3. The molecule has 0 aliphatic heterocycles. The van der Waals surface area contributed by atoms with Crippen LogP contribution in [0.15, 0.2) is 34.8 Å². The van der Waals surface area contributed by atoms with Crippen molar-refractivity contribution in [3.8, 4) is 0 Å². The number of allylic oxidation sites excluding steroid dienone is 1. The van der Waals surface area contributed by atoms with Gasteiger partial charge in [-0.3, -0.25) is 0 Å². The van der Waals surface area contributed by atoms with E-state index in [0.717, 1.165) is 18.1 Å². The van der Waals surface area contributed by atoms with E-state index >= 15 is 0 Å². The molecule has 0 aliphatic rings. The molecule has 1 aromatic carbocycles. The maximum absolute atomic E-state index is 13.2. The predicted octanol–water partition coefficient (Wildman–Crippen LogP) is 5.86. The maximum atomic E-state index is 13.2. The summed E-state index contributed by atoms with van der Waals surface area (Å²) in [5.74, 6) is 0. The lowest BCUT2D eigenvalue weighted by Gasteiger charge is -2.23. The minimum Gasteiger partial charge on any atom is -0.310 e. The third-order valence-corrected chi connectivity index (χ3v) is 3.69. The van der Waals surface area contributed by atoms with Gasteiger partial charge in [-0.15, -0.1) is 6.58 Å². The quantitative estimate of drug-likeness (QED) is 0.597. The molecule has 1 atom stereocenters. The van der Waals surface area contributed by atoms with Gasteiger partial charge >= 0.3 is 6.18 Å². The molecular formula is C16H21BrF3N. The normalized spacial score (nSPS) is 13.2. The van der Waals surface area contributed by atoms with Crippen molar-refractivity contribution in [1.82, 2.24) is 5.32 Å². The molecule has 0 aliphatic carbocycles. The van der Waals surface area contributed by atoms with Crippen LogP contribution in [0.4, 0.5) is 13.2 Å². The number of benzene rings is 1. The van der Waals surface area contributed by atoms with E-state index in [4.69, 9.17) is 0 Å². The lowest BCUT2D eigenvalue weighted by atomic mass is 9.95. The summed E-state index contributed by atoms with van der Waals surface area (Å²) < 4.78 is 40.2. The van der Waals surface area contributed by atoms with Crippen LogP contribution in [-0.2, 0) is 6.18 Å². The SMILES string of the molecule is C=C(C)CCC(NCCC)c1ccc(Br)cc1C(F)(F)F. The van der Waals surface area contributed by atoms with Gasteiger partial charge in [0.15, 0.2) is 0 Å². The first-order valence-corrected chi connectivity index (χ1v) is 7.79. The Morgan fingerprint density at radius 1 is 1.38 bits per heavy atom. The van der Waals surface area contributed by atoms with Gasteiger partial charge in [-0.1, -0.05) is 34.5 Å². The Hall–Kier alpha value is -0.810. The lowest BCUT2D eigenvalue weighted by molar-refractivity contribution is -0.138. The van der Waals surface area contributed by atoms with Gasteiger partial charge in [0.05, 0.1) is 5.56 Å². The van der Waals surface area contributed by atoms with Crippen molar-refractivity contribution >= 4 is 15.9 Å². The lowest BCUT2D eigenvalue weighted by Crippen LogP contribution is -2.25. The van der Waals surface area contributed by atoms with Crippen molar-refractivity contribution in [3.63, 3.8) is 0 Å². The first-order valence-electron chi connectivity index (χ1n) is 7.00. The second-order valence-electron chi connectivity index (χ2n) is 5.23. The minimum atomic E-state index is -4.35. The zero-order chi connectivity index (χ0) is 16.0. The third-order valence-electron chi connectivity index (χ3n) is 3.20. The fraction of sp³-hybridized carbons (Fsp3) is 0.500. The highest BCUT2D eigenvalue weighted by atomic mass is 79.9. The van der Waals surface area contributed by atoms with Gasteiger partial charge in [0.1, 0.15) is 0 Å². The highest BCUT2D eigenvalue weighted by Gasteiger charge is 2.35. The van der Waals surface area contributed by atoms with E-state index in [-0.39, 0.29) is 6.04 Å². The molecule has 0 radical (unpaired) electrons. The summed E-state index contributed by atoms with van der Waals surface area (Å²) in [6.07, 6.45) is -2.16. The van der Waals surface area contributed by atoms with E-state index in [9.17, 15) is 13.2 Å². The monoisotopic (exact) mass is 363 g/mol. The molecule has 1 N–H and O–H groups in total. The van der Waals surface area contributed by atoms with Crippen molar-refractivity contribution in [3.05, 3.63) is 46.0 Å². The average molecular weight is 364 g/mol. The van der Waals surface area contributed by atoms with Crippen molar-refractivity contribution in [1.29, 1.82) is 0 Å². The molecule has 0 aromatic heterocycles. The third kappa shape index (κ3) is 5.83. The van der Waals surface area contributed by atoms with Crippen LogP contribution in [-0.4, -0.2) is 6.54 Å². The van der Waals surface area contributed by atoms with Crippen molar-refractivity contribution in [2.24, 2.45) is 0 Å². The van der Waals surface area contributed by atoms with E-state index in [2.05, 4.69) is 27.8 Å². The highest BCUT2D eigenvalue weighted by molar-refractivity contribution is 9.10. The number of halogens is 4. The van der Waals surface area contributed by atoms with Gasteiger partial charge in [-0.2, -0.15) is 13.2 Å². The van der Waals surface area contributed by atoms with E-state index in [1.165, 1.54) is 0 Å². The molecule has 0 spiro atoms. The fourth-order valence-electron chi connectivity index (χ4n) is 2.15. The van der Waals surface area contributed by atoms with Crippen LogP contribution < -0.4 is 5.32 Å². The number of hydrogen-bond acceptors (Lipinski definition) is 1. The first kappa shape index (κ1) is 18.2. The van der Waals surface area contributed by atoms with E-state index in [1.807, 2.05) is 13.8 Å². The molecule has 1 aromatic rings. The highest BCUT2D eigenvalue weighted by Crippen LogP contribution is 2.37. The van der Waals surface area contributed by atoms with Gasteiger partial charge < -0.3 is 5.32 Å². The molecule has 118 valence electrons. The van der Waals surface area contributed by atoms with Gasteiger partial charge in [0, 0.05) is 10.5 Å². The molecule has 0 heterocycles. The van der Waals surface area contributed by atoms with Crippen LogP contribution in [0.1, 0.15) is 50.3 Å². The standard InChI is InChI=1S/C16H21BrF3N/c1-4-9-21-15(8-5-11(2)3)13-7-6-12(17)10-14(13)16(18,19)20/h6-7,10,15,21H,2,4-5,8-9H2,1,3H3. The molecule has 1 rings (SSSR count). The molecule has 0 saturated heterocycles. The number of nitrogens with one attached hydrogen (secondary N) is 1. The van der Waals surface area contributed by atoms with Crippen LogP contribution >= 0.6 is 15.9 Å². The van der Waals surface area contributed by atoms with Crippen molar-refractivity contribution in [2.45, 2.75) is 45.3 Å². The Morgan fingerprint density at radius 2 is 2.05 bits per heavy atom. The summed E-state index contributed by atoms with van der Waals surface area (Å²) in [6, 6.07) is 4.05. The predicted molar refractivity (Wildman–Crippen MR) is 84.2 cm³/mol. The molecule has 1 unspecified atom stereocenters. The van der Waals surface area contributed by atoms with Crippen LogP contribution in [0.3, 0.4) is 0 Å². The average Bonchev–Trinajstić information content (AvgIpc) is 2.38. The molecule has 0 amide bonds. The molecule has 0 saturated carbocycles. The number of hydrogen-bond donors (Lipinski definition) is 1. The number of rotatable bonds is 7. The Morgan fingerprint density at radius 3 is 2.57 bits per heavy atom. The summed E-state index contributed by atoms with van der Waals surface area (Å²) in [5.41, 5.74) is 0.705. The largest absolute Gasteiger partial charge is 0.416 e. The Kier molecular flexibility index (Phi) is 6.94. The van der Waals surface area contributed by atoms with Crippen LogP contribution in [0.2, 0.25) is 0 Å². The van der Waals surface area contributed by atoms with Gasteiger partial charge in [0.25, 0.3) is 0 Å². The van der Waals surface area contributed by atoms with Crippen LogP contribution in [0, 0.1) is 0 Å². The molecule has 21 heavy (non-hydrogen) atoms. The van der Waals surface area contributed by atoms with Crippen molar-refractivity contribution in [2.75, 3.05) is 6.54 Å². The van der Waals surface area contributed by atoms with E-state index in [0.29, 0.717) is 29.4 Å². The summed E-state index contributed by atoms with van der Waals surface area (Å²) in [7, 11) is 0. The minimum absolute atomic E-state index is 0.306. The molecule has 5 heteroatoms. The van der Waals surface area contributed by atoms with E-state index < -0.39 is 11.7 Å². The van der Waals surface area contributed by atoms with Crippen LogP contribution in [0.5, 0.6) is 0 Å². The summed E-state index contributed by atoms with van der Waals surface area (Å²) >= 11 is 3.12. The summed E-state index contributed by atoms with van der Waals surface area (Å²) in [6.45, 7) is 8.40. The van der Waals surface area contributed by atoms with Gasteiger partial charge in [-0.25, -0.2) is 0 Å². The Bertz CT molecular complexity index is 483. The Balaban J connectivity index is 3.13. The summed E-state index contributed by atoms with van der Waals surface area (Å²) in [4.78, 5) is 0. The smallest absolute Gasteiger partial charge is 0.310 e.